The van der Waals surface area contributed by atoms with Crippen molar-refractivity contribution >= 4 is 29.2 Å². The molecule has 6 heteroatoms. The maximum atomic E-state index is 8.93. The first kappa shape index (κ1) is 13.5. The number of aliphatic hydroxyl groups is 1. The van der Waals surface area contributed by atoms with E-state index in [-0.39, 0.29) is 12.1 Å². The van der Waals surface area contributed by atoms with Crippen LogP contribution in [0.5, 0.6) is 0 Å². The zero-order valence-corrected chi connectivity index (χ0v) is 11.2. The van der Waals surface area contributed by atoms with Gasteiger partial charge in [-0.2, -0.15) is 0 Å². The molecule has 0 spiro atoms. The molecule has 0 aromatic carbocycles. The second-order valence-electron chi connectivity index (χ2n) is 4.05. The Bertz CT molecular complexity index is 360. The van der Waals surface area contributed by atoms with Crippen molar-refractivity contribution in [2.24, 2.45) is 0 Å². The molecule has 0 aliphatic rings. The molecule has 0 atom stereocenters. The lowest BCUT2D eigenvalue weighted by Gasteiger charge is -2.26. The molecule has 0 aliphatic carbocycles. The molecule has 0 aliphatic heterocycles. The molecular formula is C10H16ClN3OS. The zero-order valence-electron chi connectivity index (χ0n) is 9.62. The summed E-state index contributed by atoms with van der Waals surface area (Å²) < 4.78 is 0. The fourth-order valence-corrected chi connectivity index (χ4v) is 1.85. The normalized spacial score (nSPS) is 11.6. The summed E-state index contributed by atoms with van der Waals surface area (Å²) in [6.07, 6.45) is 2.54. The van der Waals surface area contributed by atoms with Crippen molar-refractivity contribution in [3.05, 3.63) is 11.2 Å². The van der Waals surface area contributed by atoms with Crippen LogP contribution in [0, 0.1) is 0 Å². The third kappa shape index (κ3) is 4.15. The summed E-state index contributed by atoms with van der Waals surface area (Å²) in [5.41, 5.74) is -0.220. The van der Waals surface area contributed by atoms with Crippen molar-refractivity contribution in [1.29, 1.82) is 0 Å². The molecule has 0 fully saturated rings. The number of aliphatic hydroxyl groups excluding tert-OH is 1. The van der Waals surface area contributed by atoms with E-state index < -0.39 is 0 Å². The molecule has 0 amide bonds. The van der Waals surface area contributed by atoms with E-state index in [1.54, 1.807) is 6.07 Å². The number of halogens is 1. The molecule has 2 N–H and O–H groups in total. The smallest absolute Gasteiger partial charge is 0.190 e. The van der Waals surface area contributed by atoms with Gasteiger partial charge in [0.25, 0.3) is 0 Å². The summed E-state index contributed by atoms with van der Waals surface area (Å²) in [5.74, 6) is 0.683. The van der Waals surface area contributed by atoms with Gasteiger partial charge in [-0.05, 0) is 26.5 Å². The van der Waals surface area contributed by atoms with Gasteiger partial charge in [-0.3, -0.25) is 0 Å². The van der Waals surface area contributed by atoms with E-state index in [9.17, 15) is 0 Å². The SMILES string of the molecule is CSc1nc(Cl)cc(NC(C)(C)CCO)n1. The maximum Gasteiger partial charge on any atom is 0.190 e. The highest BCUT2D eigenvalue weighted by Gasteiger charge is 2.17. The first-order valence-corrected chi connectivity index (χ1v) is 6.55. The summed E-state index contributed by atoms with van der Waals surface area (Å²) in [6.45, 7) is 4.13. The van der Waals surface area contributed by atoms with Crippen molar-refractivity contribution < 1.29 is 5.11 Å². The lowest BCUT2D eigenvalue weighted by atomic mass is 10.0. The highest BCUT2D eigenvalue weighted by Crippen LogP contribution is 2.21. The second kappa shape index (κ2) is 5.70. The van der Waals surface area contributed by atoms with Gasteiger partial charge in [-0.25, -0.2) is 9.97 Å². The molecule has 90 valence electrons. The van der Waals surface area contributed by atoms with E-state index in [0.717, 1.165) is 0 Å². The van der Waals surface area contributed by atoms with E-state index in [4.69, 9.17) is 16.7 Å². The highest BCUT2D eigenvalue weighted by atomic mass is 35.5. The standard InChI is InChI=1S/C10H16ClN3OS/c1-10(2,4-5-15)14-8-6-7(11)12-9(13-8)16-3/h6,15H,4-5H2,1-3H3,(H,12,13,14). The fourth-order valence-electron chi connectivity index (χ4n) is 1.24. The van der Waals surface area contributed by atoms with Crippen molar-refractivity contribution in [2.75, 3.05) is 18.2 Å². The molecule has 16 heavy (non-hydrogen) atoms. The number of rotatable bonds is 5. The van der Waals surface area contributed by atoms with Crippen LogP contribution >= 0.6 is 23.4 Å². The van der Waals surface area contributed by atoms with E-state index in [1.807, 2.05) is 20.1 Å². The first-order chi connectivity index (χ1) is 7.46. The number of nitrogens with zero attached hydrogens (tertiary/aromatic N) is 2. The van der Waals surface area contributed by atoms with Crippen LogP contribution < -0.4 is 5.32 Å². The molecule has 1 aromatic heterocycles. The average molecular weight is 262 g/mol. The van der Waals surface area contributed by atoms with Gasteiger partial charge in [-0.15, -0.1) is 0 Å². The summed E-state index contributed by atoms with van der Waals surface area (Å²) in [5, 5.41) is 13.2. The molecule has 0 unspecified atom stereocenters. The minimum absolute atomic E-state index is 0.133. The van der Waals surface area contributed by atoms with E-state index in [0.29, 0.717) is 22.5 Å². The number of aromatic nitrogens is 2. The van der Waals surface area contributed by atoms with Crippen LogP contribution in [0.4, 0.5) is 5.82 Å². The lowest BCUT2D eigenvalue weighted by Crippen LogP contribution is -2.32. The summed E-state index contributed by atoms with van der Waals surface area (Å²) >= 11 is 7.32. The topological polar surface area (TPSA) is 58.0 Å². The predicted octanol–water partition coefficient (Wildman–Crippen LogP) is 2.42. The quantitative estimate of drug-likeness (QED) is 0.484. The van der Waals surface area contributed by atoms with Crippen molar-refractivity contribution in [3.63, 3.8) is 0 Å². The van der Waals surface area contributed by atoms with Crippen LogP contribution in [-0.4, -0.2) is 33.5 Å². The van der Waals surface area contributed by atoms with Crippen molar-refractivity contribution in [1.82, 2.24) is 9.97 Å². The molecule has 1 aromatic rings. The van der Waals surface area contributed by atoms with E-state index in [1.165, 1.54) is 11.8 Å². The van der Waals surface area contributed by atoms with Crippen LogP contribution in [-0.2, 0) is 0 Å². The monoisotopic (exact) mass is 261 g/mol. The van der Waals surface area contributed by atoms with Gasteiger partial charge in [0.1, 0.15) is 11.0 Å². The van der Waals surface area contributed by atoms with Crippen LogP contribution in [0.1, 0.15) is 20.3 Å². The molecular weight excluding hydrogens is 246 g/mol. The van der Waals surface area contributed by atoms with Crippen LogP contribution in [0.25, 0.3) is 0 Å². The van der Waals surface area contributed by atoms with Gasteiger partial charge in [-0.1, -0.05) is 23.4 Å². The van der Waals surface area contributed by atoms with E-state index in [2.05, 4.69) is 15.3 Å². The first-order valence-electron chi connectivity index (χ1n) is 4.94. The molecule has 1 rings (SSSR count). The van der Waals surface area contributed by atoms with Gasteiger partial charge in [0, 0.05) is 18.2 Å². The lowest BCUT2D eigenvalue weighted by molar-refractivity contribution is 0.260. The summed E-state index contributed by atoms with van der Waals surface area (Å²) in [4.78, 5) is 8.35. The van der Waals surface area contributed by atoms with Crippen LogP contribution in [0.2, 0.25) is 5.15 Å². The Morgan fingerprint density at radius 1 is 1.50 bits per heavy atom. The van der Waals surface area contributed by atoms with E-state index >= 15 is 0 Å². The van der Waals surface area contributed by atoms with Gasteiger partial charge in [0.05, 0.1) is 0 Å². The van der Waals surface area contributed by atoms with Crippen LogP contribution in [0.3, 0.4) is 0 Å². The summed E-state index contributed by atoms with van der Waals surface area (Å²) in [7, 11) is 0. The van der Waals surface area contributed by atoms with Gasteiger partial charge >= 0.3 is 0 Å². The number of thioether (sulfide) groups is 1. The highest BCUT2D eigenvalue weighted by molar-refractivity contribution is 7.98. The molecule has 0 radical (unpaired) electrons. The van der Waals surface area contributed by atoms with Gasteiger partial charge in [0.15, 0.2) is 5.16 Å². The Balaban J connectivity index is 2.84. The third-order valence-electron chi connectivity index (χ3n) is 2.06. The molecule has 0 saturated heterocycles. The number of nitrogens with one attached hydrogen (secondary N) is 1. The third-order valence-corrected chi connectivity index (χ3v) is 2.80. The number of anilines is 1. The molecule has 1 heterocycles. The Labute approximate surface area is 105 Å². The van der Waals surface area contributed by atoms with Gasteiger partial charge < -0.3 is 10.4 Å². The largest absolute Gasteiger partial charge is 0.396 e. The fraction of sp³-hybridized carbons (Fsp3) is 0.600. The van der Waals surface area contributed by atoms with Crippen molar-refractivity contribution in [2.45, 2.75) is 31.0 Å². The van der Waals surface area contributed by atoms with Gasteiger partial charge in [0.2, 0.25) is 0 Å². The minimum Gasteiger partial charge on any atom is -0.396 e. The average Bonchev–Trinajstić information content (AvgIpc) is 2.15. The maximum absolute atomic E-state index is 8.93. The Hall–Kier alpha value is -0.520. The predicted molar refractivity (Wildman–Crippen MR) is 68.2 cm³/mol. The number of hydrogen-bond donors (Lipinski definition) is 2. The summed E-state index contributed by atoms with van der Waals surface area (Å²) in [6, 6.07) is 1.68. The number of hydrogen-bond acceptors (Lipinski definition) is 5. The Morgan fingerprint density at radius 2 is 2.19 bits per heavy atom. The van der Waals surface area contributed by atoms with Crippen LogP contribution in [0.15, 0.2) is 11.2 Å². The second-order valence-corrected chi connectivity index (χ2v) is 5.21. The van der Waals surface area contributed by atoms with Crippen molar-refractivity contribution in [3.8, 4) is 0 Å². The molecule has 0 saturated carbocycles. The zero-order chi connectivity index (χ0) is 12.2. The molecule has 4 nitrogen and oxygen atoms in total. The molecule has 0 bridgehead atoms. The minimum atomic E-state index is -0.220. The Morgan fingerprint density at radius 3 is 2.75 bits per heavy atom. The Kier molecular flexibility index (Phi) is 4.83.